The molecule has 3 aliphatic rings. The van der Waals surface area contributed by atoms with Gasteiger partial charge in [-0.3, -0.25) is 14.5 Å². The first-order chi connectivity index (χ1) is 13.5. The molecule has 1 aromatic heterocycles. The van der Waals surface area contributed by atoms with E-state index in [0.717, 1.165) is 6.42 Å². The first-order valence-corrected chi connectivity index (χ1v) is 10.8. The predicted molar refractivity (Wildman–Crippen MR) is 107 cm³/mol. The normalized spacial score (nSPS) is 33.4. The maximum absolute atomic E-state index is 13.0. The zero-order chi connectivity index (χ0) is 19.6. The number of imide groups is 1. The van der Waals surface area contributed by atoms with Crippen molar-refractivity contribution in [2.75, 3.05) is 4.90 Å². The van der Waals surface area contributed by atoms with Crippen LogP contribution in [-0.4, -0.2) is 27.4 Å². The second-order valence-electron chi connectivity index (χ2n) is 7.38. The van der Waals surface area contributed by atoms with Gasteiger partial charge >= 0.3 is 5.97 Å². The quantitative estimate of drug-likeness (QED) is 0.273. The second-order valence-corrected chi connectivity index (χ2v) is 9.49. The van der Waals surface area contributed by atoms with Crippen molar-refractivity contribution in [3.8, 4) is 5.75 Å². The van der Waals surface area contributed by atoms with Crippen LogP contribution < -0.4 is 9.64 Å². The summed E-state index contributed by atoms with van der Waals surface area (Å²) in [5, 5.41) is 0. The van der Waals surface area contributed by atoms with Crippen molar-refractivity contribution in [2.24, 2.45) is 23.7 Å². The van der Waals surface area contributed by atoms with Crippen LogP contribution in [0.4, 0.5) is 5.69 Å². The molecule has 8 heteroatoms. The number of amides is 2. The van der Waals surface area contributed by atoms with Crippen LogP contribution in [0.3, 0.4) is 0 Å². The highest BCUT2D eigenvalue weighted by molar-refractivity contribution is 9.12. The van der Waals surface area contributed by atoms with Gasteiger partial charge in [0.05, 0.1) is 23.8 Å². The maximum Gasteiger partial charge on any atom is 0.379 e. The lowest BCUT2D eigenvalue weighted by Crippen LogP contribution is -2.37. The third-order valence-electron chi connectivity index (χ3n) is 6.01. The van der Waals surface area contributed by atoms with Gasteiger partial charge in [0.25, 0.3) is 0 Å². The summed E-state index contributed by atoms with van der Waals surface area (Å²) in [4.78, 5) is 39.7. The highest BCUT2D eigenvalue weighted by Gasteiger charge is 2.66. The topological polar surface area (TPSA) is 76.8 Å². The SMILES string of the molecule is O=C(Oc1ccc(N2C(=O)[C@@H]3[C@H]4C[C@@H]([C@H](Br)[C@H]4Br)[C@H]3C2=O)cc1)c1ccco1. The number of halogens is 2. The molecule has 0 spiro atoms. The molecule has 3 fully saturated rings. The average Bonchev–Trinajstić information content (AvgIpc) is 3.44. The third-order valence-corrected chi connectivity index (χ3v) is 9.22. The molecule has 1 saturated heterocycles. The molecule has 0 unspecified atom stereocenters. The van der Waals surface area contributed by atoms with Crippen LogP contribution in [0, 0.1) is 23.7 Å². The molecule has 6 atom stereocenters. The lowest BCUT2D eigenvalue weighted by Gasteiger charge is -2.28. The molecule has 6 nitrogen and oxygen atoms in total. The Morgan fingerprint density at radius 2 is 1.61 bits per heavy atom. The summed E-state index contributed by atoms with van der Waals surface area (Å²) < 4.78 is 10.2. The first-order valence-electron chi connectivity index (χ1n) is 8.99. The van der Waals surface area contributed by atoms with Crippen LogP contribution in [0.25, 0.3) is 0 Å². The molecule has 5 rings (SSSR count). The molecule has 1 aromatic carbocycles. The van der Waals surface area contributed by atoms with E-state index < -0.39 is 5.97 Å². The van der Waals surface area contributed by atoms with E-state index in [2.05, 4.69) is 31.9 Å². The number of furan rings is 1. The van der Waals surface area contributed by atoms with Gasteiger partial charge in [0.1, 0.15) is 5.75 Å². The zero-order valence-corrected chi connectivity index (χ0v) is 17.6. The van der Waals surface area contributed by atoms with Gasteiger partial charge in [0.15, 0.2) is 0 Å². The van der Waals surface area contributed by atoms with Crippen LogP contribution in [0.15, 0.2) is 47.1 Å². The van der Waals surface area contributed by atoms with Crippen molar-refractivity contribution >= 4 is 55.3 Å². The number of rotatable bonds is 3. The number of alkyl halides is 2. The highest BCUT2D eigenvalue weighted by Crippen LogP contribution is 2.60. The van der Waals surface area contributed by atoms with E-state index in [0.29, 0.717) is 11.4 Å². The number of hydrogen-bond acceptors (Lipinski definition) is 5. The summed E-state index contributed by atoms with van der Waals surface area (Å²) in [6.45, 7) is 0. The number of esters is 1. The summed E-state index contributed by atoms with van der Waals surface area (Å²) in [7, 11) is 0. The van der Waals surface area contributed by atoms with Crippen molar-refractivity contribution in [3.05, 3.63) is 48.4 Å². The van der Waals surface area contributed by atoms with E-state index >= 15 is 0 Å². The number of carbonyl (C=O) groups excluding carboxylic acids is 3. The Labute approximate surface area is 177 Å². The molecule has 28 heavy (non-hydrogen) atoms. The van der Waals surface area contributed by atoms with Crippen LogP contribution in [0.1, 0.15) is 17.0 Å². The minimum Gasteiger partial charge on any atom is -0.457 e. The minimum absolute atomic E-state index is 0.103. The third kappa shape index (κ3) is 2.54. The van der Waals surface area contributed by atoms with E-state index in [4.69, 9.17) is 9.15 Å². The monoisotopic (exact) mass is 507 g/mol. The smallest absolute Gasteiger partial charge is 0.379 e. The van der Waals surface area contributed by atoms with Crippen molar-refractivity contribution < 1.29 is 23.5 Å². The number of fused-ring (bicyclic) bond motifs is 5. The van der Waals surface area contributed by atoms with Gasteiger partial charge in [-0.15, -0.1) is 0 Å². The minimum atomic E-state index is -0.607. The van der Waals surface area contributed by atoms with Crippen molar-refractivity contribution in [1.82, 2.24) is 0 Å². The molecule has 0 radical (unpaired) electrons. The van der Waals surface area contributed by atoms with Crippen molar-refractivity contribution in [3.63, 3.8) is 0 Å². The fourth-order valence-electron chi connectivity index (χ4n) is 4.82. The summed E-state index contributed by atoms with van der Waals surface area (Å²) >= 11 is 7.37. The van der Waals surface area contributed by atoms with E-state index in [9.17, 15) is 14.4 Å². The molecule has 2 heterocycles. The van der Waals surface area contributed by atoms with E-state index in [1.165, 1.54) is 17.2 Å². The largest absolute Gasteiger partial charge is 0.457 e. The van der Waals surface area contributed by atoms with Crippen LogP contribution in [-0.2, 0) is 9.59 Å². The molecule has 2 amide bonds. The van der Waals surface area contributed by atoms with Gasteiger partial charge in [0, 0.05) is 9.65 Å². The first kappa shape index (κ1) is 18.1. The Morgan fingerprint density at radius 1 is 1.00 bits per heavy atom. The molecule has 2 aliphatic carbocycles. The Hall–Kier alpha value is -1.93. The number of ether oxygens (including phenoxy) is 1. The average molecular weight is 509 g/mol. The van der Waals surface area contributed by atoms with Gasteiger partial charge in [-0.1, -0.05) is 31.9 Å². The fraction of sp³-hybridized carbons (Fsp3) is 0.350. The number of anilines is 1. The maximum atomic E-state index is 13.0. The van der Waals surface area contributed by atoms with Crippen LogP contribution >= 0.6 is 31.9 Å². The highest BCUT2D eigenvalue weighted by atomic mass is 79.9. The number of carbonyl (C=O) groups is 3. The zero-order valence-electron chi connectivity index (χ0n) is 14.5. The van der Waals surface area contributed by atoms with E-state index in [1.54, 1.807) is 30.3 Å². The predicted octanol–water partition coefficient (Wildman–Crippen LogP) is 3.78. The Morgan fingerprint density at radius 3 is 2.14 bits per heavy atom. The summed E-state index contributed by atoms with van der Waals surface area (Å²) in [6.07, 6.45) is 2.29. The molecule has 2 saturated carbocycles. The summed E-state index contributed by atoms with van der Waals surface area (Å²) in [5.74, 6) is -0.623. The lowest BCUT2D eigenvalue weighted by molar-refractivity contribution is -0.123. The molecular weight excluding hydrogens is 494 g/mol. The second kappa shape index (κ2) is 6.56. The van der Waals surface area contributed by atoms with Crippen molar-refractivity contribution in [1.29, 1.82) is 0 Å². The van der Waals surface area contributed by atoms with Gasteiger partial charge < -0.3 is 9.15 Å². The van der Waals surface area contributed by atoms with Gasteiger partial charge in [-0.25, -0.2) is 4.79 Å². The molecular formula is C20H15Br2NO5. The van der Waals surface area contributed by atoms with Gasteiger partial charge in [0.2, 0.25) is 17.6 Å². The van der Waals surface area contributed by atoms with Crippen LogP contribution in [0.5, 0.6) is 5.75 Å². The van der Waals surface area contributed by atoms with Crippen molar-refractivity contribution in [2.45, 2.75) is 16.1 Å². The molecule has 1 aliphatic heterocycles. The number of nitrogens with zero attached hydrogens (tertiary/aromatic N) is 1. The molecule has 2 bridgehead atoms. The van der Waals surface area contributed by atoms with Gasteiger partial charge in [-0.05, 0) is 54.7 Å². The number of benzene rings is 1. The lowest BCUT2D eigenvalue weighted by atomic mass is 9.81. The summed E-state index contributed by atoms with van der Waals surface area (Å²) in [5.41, 5.74) is 0.499. The molecule has 0 N–H and O–H groups in total. The Bertz CT molecular complexity index is 925. The fourth-order valence-corrected chi connectivity index (χ4v) is 6.69. The van der Waals surface area contributed by atoms with E-state index in [-0.39, 0.29) is 50.9 Å². The molecule has 144 valence electrons. The van der Waals surface area contributed by atoms with Gasteiger partial charge in [-0.2, -0.15) is 0 Å². The van der Waals surface area contributed by atoms with Crippen LogP contribution in [0.2, 0.25) is 0 Å². The van der Waals surface area contributed by atoms with E-state index in [1.807, 2.05) is 0 Å². The Balaban J connectivity index is 1.36. The Kier molecular flexibility index (Phi) is 4.24. The standard InChI is InChI=1S/C20H15Br2NO5/c21-16-11-8-12(17(16)22)15-14(11)18(24)23(19(15)25)9-3-5-10(6-4-9)28-20(26)13-2-1-7-27-13/h1-7,11-12,14-17H,8H2/t11-,12-,14-,15-,16+,17+/m1/s1. The molecule has 2 aromatic rings. The number of hydrogen-bond donors (Lipinski definition) is 0. The summed E-state index contributed by atoms with van der Waals surface area (Å²) in [6, 6.07) is 9.50.